The Morgan fingerprint density at radius 1 is 1.08 bits per heavy atom. The number of rotatable bonds is 5. The number of thioether (sulfide) groups is 1. The van der Waals surface area contributed by atoms with E-state index in [1.807, 2.05) is 61.5 Å². The maximum atomic E-state index is 5.34. The second-order valence-electron chi connectivity index (χ2n) is 5.38. The monoisotopic (exact) mass is 350 g/mol. The molecule has 0 radical (unpaired) electrons. The van der Waals surface area contributed by atoms with E-state index in [1.165, 1.54) is 11.8 Å². The third-order valence-electron chi connectivity index (χ3n) is 3.51. The highest BCUT2D eigenvalue weighted by Crippen LogP contribution is 2.23. The van der Waals surface area contributed by atoms with Gasteiger partial charge in [-0.2, -0.15) is 9.67 Å². The molecule has 0 amide bonds. The number of nitrogens with zero attached hydrogens (tertiary/aromatic N) is 6. The SMILES string of the molecule is Cc1cccc(-c2noc(CSc3nnnn3-c3ccccc3)n2)c1. The van der Waals surface area contributed by atoms with Gasteiger partial charge < -0.3 is 4.52 Å². The highest BCUT2D eigenvalue weighted by atomic mass is 32.2. The van der Waals surface area contributed by atoms with E-state index >= 15 is 0 Å². The lowest BCUT2D eigenvalue weighted by atomic mass is 10.1. The summed E-state index contributed by atoms with van der Waals surface area (Å²) in [4.78, 5) is 4.45. The number of aryl methyl sites for hydroxylation is 1. The van der Waals surface area contributed by atoms with Crippen LogP contribution in [0.25, 0.3) is 17.1 Å². The predicted octanol–water partition coefficient (Wildman–Crippen LogP) is 3.31. The van der Waals surface area contributed by atoms with Gasteiger partial charge in [0.25, 0.3) is 0 Å². The van der Waals surface area contributed by atoms with Gasteiger partial charge in [0, 0.05) is 5.56 Å². The molecule has 0 atom stereocenters. The molecule has 7 nitrogen and oxygen atoms in total. The Labute approximate surface area is 148 Å². The molecule has 8 heteroatoms. The van der Waals surface area contributed by atoms with Gasteiger partial charge in [-0.1, -0.05) is 58.9 Å². The molecule has 0 aliphatic carbocycles. The molecule has 0 saturated heterocycles. The van der Waals surface area contributed by atoms with E-state index in [0.29, 0.717) is 22.6 Å². The molecule has 0 unspecified atom stereocenters. The zero-order valence-corrected chi connectivity index (χ0v) is 14.2. The van der Waals surface area contributed by atoms with Crippen molar-refractivity contribution in [2.24, 2.45) is 0 Å². The van der Waals surface area contributed by atoms with Crippen LogP contribution in [0.5, 0.6) is 0 Å². The predicted molar refractivity (Wildman–Crippen MR) is 93.2 cm³/mol. The van der Waals surface area contributed by atoms with Crippen LogP contribution in [-0.2, 0) is 5.75 Å². The zero-order chi connectivity index (χ0) is 17.1. The Morgan fingerprint density at radius 2 is 1.96 bits per heavy atom. The molecule has 4 aromatic rings. The number of hydrogen-bond donors (Lipinski definition) is 0. The van der Waals surface area contributed by atoms with Crippen molar-refractivity contribution in [2.75, 3.05) is 0 Å². The fourth-order valence-corrected chi connectivity index (χ4v) is 3.07. The summed E-state index contributed by atoms with van der Waals surface area (Å²) in [5, 5.41) is 16.6. The highest BCUT2D eigenvalue weighted by molar-refractivity contribution is 7.98. The van der Waals surface area contributed by atoms with Gasteiger partial charge in [0.1, 0.15) is 0 Å². The number of tetrazole rings is 1. The summed E-state index contributed by atoms with van der Waals surface area (Å²) in [6.45, 7) is 2.03. The second kappa shape index (κ2) is 6.86. The lowest BCUT2D eigenvalue weighted by molar-refractivity contribution is 0.391. The molecule has 0 saturated carbocycles. The van der Waals surface area contributed by atoms with E-state index in [4.69, 9.17) is 4.52 Å². The topological polar surface area (TPSA) is 82.5 Å². The van der Waals surface area contributed by atoms with Gasteiger partial charge in [-0.15, -0.1) is 5.10 Å². The summed E-state index contributed by atoms with van der Waals surface area (Å²) in [6, 6.07) is 17.7. The van der Waals surface area contributed by atoms with Crippen LogP contribution in [0.1, 0.15) is 11.5 Å². The van der Waals surface area contributed by atoms with Crippen LogP contribution in [0.15, 0.2) is 64.3 Å². The number of benzene rings is 2. The maximum Gasteiger partial charge on any atom is 0.237 e. The molecule has 2 aromatic heterocycles. The molecule has 0 N–H and O–H groups in total. The molecular weight excluding hydrogens is 336 g/mol. The van der Waals surface area contributed by atoms with Crippen LogP contribution in [0.2, 0.25) is 0 Å². The van der Waals surface area contributed by atoms with E-state index in [9.17, 15) is 0 Å². The average Bonchev–Trinajstić information content (AvgIpc) is 3.30. The highest BCUT2D eigenvalue weighted by Gasteiger charge is 2.13. The number of para-hydroxylation sites is 1. The van der Waals surface area contributed by atoms with Crippen molar-refractivity contribution in [3.63, 3.8) is 0 Å². The van der Waals surface area contributed by atoms with Crippen molar-refractivity contribution < 1.29 is 4.52 Å². The largest absolute Gasteiger partial charge is 0.338 e. The molecule has 0 bridgehead atoms. The van der Waals surface area contributed by atoms with Crippen molar-refractivity contribution >= 4 is 11.8 Å². The standard InChI is InChI=1S/C17H14N6OS/c1-12-6-5-7-13(10-12)16-18-15(24-20-16)11-25-17-19-21-22-23(17)14-8-3-2-4-9-14/h2-10H,11H2,1H3. The minimum absolute atomic E-state index is 0.492. The Bertz CT molecular complexity index is 981. The molecule has 4 rings (SSSR count). The van der Waals surface area contributed by atoms with Crippen molar-refractivity contribution in [3.8, 4) is 17.1 Å². The maximum absolute atomic E-state index is 5.34. The number of aromatic nitrogens is 6. The van der Waals surface area contributed by atoms with Crippen LogP contribution in [-0.4, -0.2) is 30.3 Å². The van der Waals surface area contributed by atoms with Crippen molar-refractivity contribution in [3.05, 3.63) is 66.1 Å². The summed E-state index contributed by atoms with van der Waals surface area (Å²) in [5.41, 5.74) is 3.00. The van der Waals surface area contributed by atoms with E-state index in [0.717, 1.165) is 16.8 Å². The molecule has 2 aromatic carbocycles. The first-order chi connectivity index (χ1) is 12.3. The summed E-state index contributed by atoms with van der Waals surface area (Å²) < 4.78 is 7.03. The van der Waals surface area contributed by atoms with Crippen LogP contribution in [0.4, 0.5) is 0 Å². The molecule has 0 aliphatic heterocycles. The normalized spacial score (nSPS) is 10.9. The van der Waals surface area contributed by atoms with Crippen LogP contribution >= 0.6 is 11.8 Å². The first-order valence-electron chi connectivity index (χ1n) is 7.66. The van der Waals surface area contributed by atoms with Gasteiger partial charge in [0.05, 0.1) is 11.4 Å². The minimum Gasteiger partial charge on any atom is -0.338 e. The van der Waals surface area contributed by atoms with Gasteiger partial charge in [0.2, 0.25) is 16.9 Å². The first-order valence-corrected chi connectivity index (χ1v) is 8.64. The Balaban J connectivity index is 1.49. The molecule has 25 heavy (non-hydrogen) atoms. The van der Waals surface area contributed by atoms with Gasteiger partial charge in [-0.3, -0.25) is 0 Å². The molecule has 0 aliphatic rings. The van der Waals surface area contributed by atoms with Crippen LogP contribution < -0.4 is 0 Å². The minimum atomic E-state index is 0.492. The lowest BCUT2D eigenvalue weighted by Gasteiger charge is -2.02. The Kier molecular flexibility index (Phi) is 4.26. The summed E-state index contributed by atoms with van der Waals surface area (Å²) in [7, 11) is 0. The summed E-state index contributed by atoms with van der Waals surface area (Å²) >= 11 is 1.44. The molecule has 2 heterocycles. The fraction of sp³-hybridized carbons (Fsp3) is 0.118. The van der Waals surface area contributed by atoms with Crippen molar-refractivity contribution in [1.82, 2.24) is 30.3 Å². The molecule has 0 fully saturated rings. The second-order valence-corrected chi connectivity index (χ2v) is 6.32. The van der Waals surface area contributed by atoms with Gasteiger partial charge in [0.15, 0.2) is 0 Å². The van der Waals surface area contributed by atoms with E-state index in [2.05, 4.69) is 25.7 Å². The first kappa shape index (κ1) is 15.5. The van der Waals surface area contributed by atoms with E-state index in [-0.39, 0.29) is 0 Å². The zero-order valence-electron chi connectivity index (χ0n) is 13.4. The lowest BCUT2D eigenvalue weighted by Crippen LogP contribution is -1.98. The average molecular weight is 350 g/mol. The molecule has 124 valence electrons. The fourth-order valence-electron chi connectivity index (χ4n) is 2.34. The van der Waals surface area contributed by atoms with Crippen LogP contribution in [0, 0.1) is 6.92 Å². The Hall–Kier alpha value is -3.00. The summed E-state index contributed by atoms with van der Waals surface area (Å²) in [5.74, 6) is 1.61. The van der Waals surface area contributed by atoms with Crippen molar-refractivity contribution in [2.45, 2.75) is 17.8 Å². The van der Waals surface area contributed by atoms with Crippen LogP contribution in [0.3, 0.4) is 0 Å². The Morgan fingerprint density at radius 3 is 2.80 bits per heavy atom. The number of hydrogen-bond acceptors (Lipinski definition) is 7. The molecule has 0 spiro atoms. The third kappa shape index (κ3) is 3.43. The van der Waals surface area contributed by atoms with Gasteiger partial charge in [-0.25, -0.2) is 0 Å². The van der Waals surface area contributed by atoms with E-state index < -0.39 is 0 Å². The molecular formula is C17H14N6OS. The van der Waals surface area contributed by atoms with Gasteiger partial charge >= 0.3 is 0 Å². The quantitative estimate of drug-likeness (QED) is 0.511. The van der Waals surface area contributed by atoms with E-state index in [1.54, 1.807) is 4.68 Å². The smallest absolute Gasteiger partial charge is 0.237 e. The van der Waals surface area contributed by atoms with Gasteiger partial charge in [-0.05, 0) is 35.5 Å². The third-order valence-corrected chi connectivity index (χ3v) is 4.41. The summed E-state index contributed by atoms with van der Waals surface area (Å²) in [6.07, 6.45) is 0. The van der Waals surface area contributed by atoms with Crippen molar-refractivity contribution in [1.29, 1.82) is 0 Å².